The van der Waals surface area contributed by atoms with Gasteiger partial charge in [-0.15, -0.1) is 0 Å². The summed E-state index contributed by atoms with van der Waals surface area (Å²) in [6.07, 6.45) is 0.107. The standard InChI is InChI=1S/C24H18N4O6S/c1-12(29)27-16-7-5-4-6-14(16)19(22(27)31)20-23(32)28-24(35-20)25-21(30)15(26-28)10-13-8-9-17(33-2)18(11-13)34-3/h4-9,11H,10H2,1-3H3/b20-19-. The molecule has 0 bridgehead atoms. The van der Waals surface area contributed by atoms with Crippen LogP contribution in [-0.2, 0) is 16.0 Å². The summed E-state index contributed by atoms with van der Waals surface area (Å²) in [6.45, 7) is 1.28. The topological polar surface area (TPSA) is 120 Å². The Balaban J connectivity index is 1.67. The number of anilines is 1. The van der Waals surface area contributed by atoms with Crippen molar-refractivity contribution in [3.05, 3.63) is 84.5 Å². The van der Waals surface area contributed by atoms with Crippen molar-refractivity contribution in [2.24, 2.45) is 0 Å². The van der Waals surface area contributed by atoms with E-state index in [2.05, 4.69) is 10.1 Å². The maximum atomic E-state index is 13.3. The van der Waals surface area contributed by atoms with Gasteiger partial charge in [-0.05, 0) is 23.8 Å². The predicted molar refractivity (Wildman–Crippen MR) is 128 cm³/mol. The Morgan fingerprint density at radius 3 is 2.49 bits per heavy atom. The molecule has 0 atom stereocenters. The smallest absolute Gasteiger partial charge is 0.296 e. The molecule has 0 unspecified atom stereocenters. The number of rotatable bonds is 4. The average molecular weight is 490 g/mol. The fourth-order valence-electron chi connectivity index (χ4n) is 4.04. The summed E-state index contributed by atoms with van der Waals surface area (Å²) >= 11 is 0.887. The van der Waals surface area contributed by atoms with E-state index in [4.69, 9.17) is 9.47 Å². The summed E-state index contributed by atoms with van der Waals surface area (Å²) in [7, 11) is 3.03. The van der Waals surface area contributed by atoms with Crippen molar-refractivity contribution in [1.82, 2.24) is 14.6 Å². The molecule has 5 rings (SSSR count). The molecule has 11 heteroatoms. The number of benzene rings is 2. The minimum atomic E-state index is -0.601. The molecule has 2 amide bonds. The summed E-state index contributed by atoms with van der Waals surface area (Å²) < 4.78 is 11.6. The second kappa shape index (κ2) is 8.44. The fourth-order valence-corrected chi connectivity index (χ4v) is 5.03. The molecule has 10 nitrogen and oxygen atoms in total. The van der Waals surface area contributed by atoms with E-state index >= 15 is 0 Å². The Morgan fingerprint density at radius 1 is 1.03 bits per heavy atom. The van der Waals surface area contributed by atoms with Gasteiger partial charge in [-0.25, -0.2) is 4.90 Å². The zero-order valence-corrected chi connectivity index (χ0v) is 19.7. The molecule has 4 aromatic rings. The predicted octanol–water partition coefficient (Wildman–Crippen LogP) is 0.930. The van der Waals surface area contributed by atoms with E-state index in [1.165, 1.54) is 21.1 Å². The molecule has 1 aliphatic rings. The number of thiazole rings is 1. The van der Waals surface area contributed by atoms with Crippen LogP contribution in [0, 0.1) is 0 Å². The van der Waals surface area contributed by atoms with Crippen LogP contribution in [0.25, 0.3) is 10.5 Å². The van der Waals surface area contributed by atoms with Crippen molar-refractivity contribution < 1.29 is 19.1 Å². The van der Waals surface area contributed by atoms with Gasteiger partial charge in [-0.3, -0.25) is 19.2 Å². The van der Waals surface area contributed by atoms with Gasteiger partial charge < -0.3 is 9.47 Å². The highest BCUT2D eigenvalue weighted by Gasteiger charge is 2.36. The Morgan fingerprint density at radius 2 is 1.77 bits per heavy atom. The zero-order chi connectivity index (χ0) is 24.9. The Labute approximate surface area is 201 Å². The van der Waals surface area contributed by atoms with Crippen molar-refractivity contribution in [2.45, 2.75) is 13.3 Å². The number of ether oxygens (including phenoxy) is 2. The molecule has 3 heterocycles. The molecular formula is C24H18N4O6S. The van der Waals surface area contributed by atoms with Gasteiger partial charge in [-0.1, -0.05) is 35.6 Å². The number of nitrogens with zero attached hydrogens (tertiary/aromatic N) is 4. The lowest BCUT2D eigenvalue weighted by Crippen LogP contribution is -2.35. The van der Waals surface area contributed by atoms with Crippen LogP contribution < -0.4 is 30.0 Å². The molecule has 0 N–H and O–H groups in total. The van der Waals surface area contributed by atoms with Gasteiger partial charge in [0.05, 0.1) is 25.5 Å². The first kappa shape index (κ1) is 22.4. The Kier molecular flexibility index (Phi) is 5.40. The maximum absolute atomic E-state index is 13.3. The summed E-state index contributed by atoms with van der Waals surface area (Å²) in [4.78, 5) is 56.4. The van der Waals surface area contributed by atoms with E-state index in [0.717, 1.165) is 20.8 Å². The van der Waals surface area contributed by atoms with Crippen molar-refractivity contribution in [1.29, 1.82) is 0 Å². The summed E-state index contributed by atoms with van der Waals surface area (Å²) in [5.41, 5.74) is 0.557. The van der Waals surface area contributed by atoms with Crippen LogP contribution in [0.4, 0.5) is 5.69 Å². The molecule has 0 saturated heterocycles. The largest absolute Gasteiger partial charge is 0.493 e. The lowest BCUT2D eigenvalue weighted by molar-refractivity contribution is -0.122. The maximum Gasteiger partial charge on any atom is 0.296 e. The first-order valence-corrected chi connectivity index (χ1v) is 11.3. The molecule has 35 heavy (non-hydrogen) atoms. The van der Waals surface area contributed by atoms with Gasteiger partial charge in [0.15, 0.2) is 11.5 Å². The van der Waals surface area contributed by atoms with Crippen molar-refractivity contribution >= 4 is 39.4 Å². The number of fused-ring (bicyclic) bond motifs is 2. The number of hydrogen-bond acceptors (Lipinski definition) is 9. The molecular weight excluding hydrogens is 472 g/mol. The van der Waals surface area contributed by atoms with Crippen molar-refractivity contribution in [3.63, 3.8) is 0 Å². The van der Waals surface area contributed by atoms with Crippen LogP contribution in [0.2, 0.25) is 0 Å². The van der Waals surface area contributed by atoms with E-state index in [1.54, 1.807) is 42.5 Å². The Hall–Kier alpha value is -4.38. The number of carbonyl (C=O) groups excluding carboxylic acids is 2. The van der Waals surface area contributed by atoms with Crippen molar-refractivity contribution in [2.75, 3.05) is 19.1 Å². The molecule has 0 aliphatic carbocycles. The highest BCUT2D eigenvalue weighted by atomic mass is 32.1. The lowest BCUT2D eigenvalue weighted by Gasteiger charge is -2.11. The van der Waals surface area contributed by atoms with E-state index < -0.39 is 22.9 Å². The Bertz CT molecular complexity index is 1710. The SMILES string of the molecule is COc1ccc(Cc2nn3c(=O)/c(=C4/C(=O)N(C(C)=O)c5ccccc54)sc3nc2=O)cc1OC. The van der Waals surface area contributed by atoms with Crippen LogP contribution in [0.15, 0.2) is 52.1 Å². The third-order valence-corrected chi connectivity index (χ3v) is 6.65. The molecule has 1 aliphatic heterocycles. The molecule has 2 aromatic carbocycles. The molecule has 0 fully saturated rings. The van der Waals surface area contributed by atoms with Crippen LogP contribution in [0.5, 0.6) is 11.5 Å². The van der Waals surface area contributed by atoms with Gasteiger partial charge >= 0.3 is 0 Å². The van der Waals surface area contributed by atoms with Crippen LogP contribution in [-0.4, -0.2) is 40.6 Å². The number of aromatic nitrogens is 3. The van der Waals surface area contributed by atoms with Crippen molar-refractivity contribution in [3.8, 4) is 11.5 Å². The number of para-hydroxylation sites is 1. The van der Waals surface area contributed by atoms with Gasteiger partial charge in [-0.2, -0.15) is 14.6 Å². The van der Waals surface area contributed by atoms with Gasteiger partial charge in [0.1, 0.15) is 10.2 Å². The van der Waals surface area contributed by atoms with E-state index in [1.807, 2.05) is 0 Å². The van der Waals surface area contributed by atoms with Crippen LogP contribution >= 0.6 is 11.3 Å². The second-order valence-corrected chi connectivity index (χ2v) is 8.69. The summed E-state index contributed by atoms with van der Waals surface area (Å²) in [6, 6.07) is 11.9. The zero-order valence-electron chi connectivity index (χ0n) is 18.9. The average Bonchev–Trinajstić information content (AvgIpc) is 3.31. The van der Waals surface area contributed by atoms with E-state index in [9.17, 15) is 19.2 Å². The summed E-state index contributed by atoms with van der Waals surface area (Å²) in [5.74, 6) is -0.0342. The minimum absolute atomic E-state index is 0.0599. The number of carbonyl (C=O) groups is 2. The quantitative estimate of drug-likeness (QED) is 0.414. The highest BCUT2D eigenvalue weighted by Crippen LogP contribution is 2.35. The third-order valence-electron chi connectivity index (χ3n) is 5.62. The number of amides is 2. The fraction of sp³-hybridized carbons (Fsp3) is 0.167. The van der Waals surface area contributed by atoms with Gasteiger partial charge in [0.25, 0.3) is 17.0 Å². The van der Waals surface area contributed by atoms with Crippen LogP contribution in [0.1, 0.15) is 23.7 Å². The van der Waals surface area contributed by atoms with E-state index in [0.29, 0.717) is 28.3 Å². The summed E-state index contributed by atoms with van der Waals surface area (Å²) in [5, 5.41) is 4.26. The van der Waals surface area contributed by atoms with Gasteiger partial charge in [0.2, 0.25) is 10.9 Å². The number of hydrogen-bond donors (Lipinski definition) is 0. The highest BCUT2D eigenvalue weighted by molar-refractivity contribution is 7.15. The molecule has 176 valence electrons. The number of imide groups is 1. The lowest BCUT2D eigenvalue weighted by atomic mass is 10.1. The van der Waals surface area contributed by atoms with Gasteiger partial charge in [0, 0.05) is 18.9 Å². The second-order valence-electron chi connectivity index (χ2n) is 7.71. The molecule has 0 saturated carbocycles. The van der Waals surface area contributed by atoms with E-state index in [-0.39, 0.29) is 27.2 Å². The molecule has 0 spiro atoms. The number of methoxy groups -OCH3 is 2. The molecule has 0 radical (unpaired) electrons. The monoisotopic (exact) mass is 490 g/mol. The normalized spacial score (nSPS) is 14.4. The third kappa shape index (κ3) is 3.56. The first-order chi connectivity index (χ1) is 16.8. The van der Waals surface area contributed by atoms with Crippen LogP contribution in [0.3, 0.4) is 0 Å². The minimum Gasteiger partial charge on any atom is -0.493 e. The first-order valence-electron chi connectivity index (χ1n) is 10.5. The molecule has 2 aromatic heterocycles.